The van der Waals surface area contributed by atoms with Crippen molar-refractivity contribution < 1.29 is 18.3 Å². The van der Waals surface area contributed by atoms with Crippen LogP contribution in [-0.4, -0.2) is 12.6 Å². The van der Waals surface area contributed by atoms with E-state index in [2.05, 4.69) is 5.32 Å². The minimum Gasteiger partial charge on any atom is -0.464 e. The SMILES string of the molecule is CCOC(=O)C(Nc1cc(F)cc(F)c1)c1ccccc1. The molecule has 0 aliphatic carbocycles. The summed E-state index contributed by atoms with van der Waals surface area (Å²) in [5, 5.41) is 2.81. The van der Waals surface area contributed by atoms with Crippen LogP contribution in [0.5, 0.6) is 0 Å². The van der Waals surface area contributed by atoms with Crippen LogP contribution in [-0.2, 0) is 9.53 Å². The van der Waals surface area contributed by atoms with Crippen molar-refractivity contribution in [2.75, 3.05) is 11.9 Å². The van der Waals surface area contributed by atoms with Gasteiger partial charge in [0.25, 0.3) is 0 Å². The number of carbonyl (C=O) groups is 1. The summed E-state index contributed by atoms with van der Waals surface area (Å²) in [5.74, 6) is -1.94. The van der Waals surface area contributed by atoms with Gasteiger partial charge in [-0.1, -0.05) is 30.3 Å². The number of hydrogen-bond donors (Lipinski definition) is 1. The minimum absolute atomic E-state index is 0.175. The van der Waals surface area contributed by atoms with Crippen molar-refractivity contribution in [1.29, 1.82) is 0 Å². The summed E-state index contributed by atoms with van der Waals surface area (Å²) < 4.78 is 31.5. The average molecular weight is 291 g/mol. The fraction of sp³-hybridized carbons (Fsp3) is 0.188. The minimum atomic E-state index is -0.827. The van der Waals surface area contributed by atoms with Gasteiger partial charge in [-0.05, 0) is 24.6 Å². The number of hydrogen-bond acceptors (Lipinski definition) is 3. The lowest BCUT2D eigenvalue weighted by molar-refractivity contribution is -0.144. The van der Waals surface area contributed by atoms with Crippen LogP contribution in [0.1, 0.15) is 18.5 Å². The van der Waals surface area contributed by atoms with E-state index in [0.717, 1.165) is 18.2 Å². The molecule has 0 spiro atoms. The van der Waals surface area contributed by atoms with Crippen LogP contribution in [0.2, 0.25) is 0 Å². The van der Waals surface area contributed by atoms with Crippen LogP contribution in [0.3, 0.4) is 0 Å². The first-order valence-electron chi connectivity index (χ1n) is 6.54. The van der Waals surface area contributed by atoms with Gasteiger partial charge in [0.2, 0.25) is 0 Å². The van der Waals surface area contributed by atoms with Gasteiger partial charge in [0, 0.05) is 11.8 Å². The van der Waals surface area contributed by atoms with Crippen LogP contribution in [0.15, 0.2) is 48.5 Å². The standard InChI is InChI=1S/C16H15F2NO2/c1-2-21-16(20)15(11-6-4-3-5-7-11)19-14-9-12(17)8-13(18)10-14/h3-10,15,19H,2H2,1H3. The van der Waals surface area contributed by atoms with Crippen LogP contribution in [0.4, 0.5) is 14.5 Å². The van der Waals surface area contributed by atoms with Gasteiger partial charge in [0.15, 0.2) is 6.04 Å². The van der Waals surface area contributed by atoms with Crippen LogP contribution < -0.4 is 5.32 Å². The van der Waals surface area contributed by atoms with Gasteiger partial charge in [0.1, 0.15) is 11.6 Å². The molecule has 0 amide bonds. The molecule has 3 nitrogen and oxygen atoms in total. The number of halogens is 2. The number of carbonyl (C=O) groups excluding carboxylic acids is 1. The molecule has 21 heavy (non-hydrogen) atoms. The van der Waals surface area contributed by atoms with Gasteiger partial charge in [-0.25, -0.2) is 13.6 Å². The van der Waals surface area contributed by atoms with Crippen molar-refractivity contribution in [3.8, 4) is 0 Å². The zero-order valence-electron chi connectivity index (χ0n) is 11.5. The maximum absolute atomic E-state index is 13.2. The summed E-state index contributed by atoms with van der Waals surface area (Å²) in [5.41, 5.74) is 0.829. The molecule has 2 rings (SSSR count). The molecule has 1 unspecified atom stereocenters. The van der Waals surface area contributed by atoms with Crippen molar-refractivity contribution in [2.45, 2.75) is 13.0 Å². The van der Waals surface area contributed by atoms with Crippen LogP contribution in [0, 0.1) is 11.6 Å². The molecule has 0 saturated carbocycles. The maximum Gasteiger partial charge on any atom is 0.333 e. The highest BCUT2D eigenvalue weighted by atomic mass is 19.1. The Morgan fingerprint density at radius 1 is 1.14 bits per heavy atom. The lowest BCUT2D eigenvalue weighted by Gasteiger charge is -2.19. The van der Waals surface area contributed by atoms with E-state index in [1.54, 1.807) is 31.2 Å². The number of nitrogens with one attached hydrogen (secondary N) is 1. The number of anilines is 1. The first kappa shape index (κ1) is 15.0. The topological polar surface area (TPSA) is 38.3 Å². The summed E-state index contributed by atoms with van der Waals surface area (Å²) >= 11 is 0. The summed E-state index contributed by atoms with van der Waals surface area (Å²) in [6.07, 6.45) is 0. The largest absolute Gasteiger partial charge is 0.464 e. The lowest BCUT2D eigenvalue weighted by atomic mass is 10.1. The molecule has 0 aliphatic heterocycles. The second-order valence-corrected chi connectivity index (χ2v) is 4.40. The highest BCUT2D eigenvalue weighted by molar-refractivity contribution is 5.81. The molecule has 1 N–H and O–H groups in total. The molecule has 0 radical (unpaired) electrons. The molecule has 0 aliphatic rings. The van der Waals surface area contributed by atoms with Gasteiger partial charge >= 0.3 is 5.97 Å². The summed E-state index contributed by atoms with van der Waals surface area (Å²) in [6.45, 7) is 1.92. The van der Waals surface area contributed by atoms with Gasteiger partial charge in [-0.3, -0.25) is 0 Å². The van der Waals surface area contributed by atoms with Crippen molar-refractivity contribution in [1.82, 2.24) is 0 Å². The van der Waals surface area contributed by atoms with E-state index in [9.17, 15) is 13.6 Å². The zero-order valence-corrected chi connectivity index (χ0v) is 11.5. The second kappa shape index (κ2) is 6.83. The van der Waals surface area contributed by atoms with E-state index in [-0.39, 0.29) is 12.3 Å². The smallest absolute Gasteiger partial charge is 0.333 e. The maximum atomic E-state index is 13.2. The summed E-state index contributed by atoms with van der Waals surface area (Å²) in [7, 11) is 0. The molecule has 1 atom stereocenters. The van der Waals surface area contributed by atoms with E-state index < -0.39 is 23.6 Å². The molecule has 0 aromatic heterocycles. The van der Waals surface area contributed by atoms with Crippen molar-refractivity contribution in [2.24, 2.45) is 0 Å². The molecule has 5 heteroatoms. The average Bonchev–Trinajstić information content (AvgIpc) is 2.45. The Kier molecular flexibility index (Phi) is 4.87. The highest BCUT2D eigenvalue weighted by Crippen LogP contribution is 2.22. The normalized spacial score (nSPS) is 11.8. The second-order valence-electron chi connectivity index (χ2n) is 4.40. The molecule has 0 heterocycles. The molecular weight excluding hydrogens is 276 g/mol. The fourth-order valence-corrected chi connectivity index (χ4v) is 1.95. The van der Waals surface area contributed by atoms with Gasteiger partial charge < -0.3 is 10.1 Å². The van der Waals surface area contributed by atoms with E-state index in [1.807, 2.05) is 6.07 Å². The van der Waals surface area contributed by atoms with E-state index in [0.29, 0.717) is 5.56 Å². The zero-order chi connectivity index (χ0) is 15.2. The van der Waals surface area contributed by atoms with Crippen molar-refractivity contribution in [3.63, 3.8) is 0 Å². The van der Waals surface area contributed by atoms with Crippen molar-refractivity contribution >= 4 is 11.7 Å². The third kappa shape index (κ3) is 4.02. The predicted molar refractivity (Wildman–Crippen MR) is 75.8 cm³/mol. The van der Waals surface area contributed by atoms with E-state index >= 15 is 0 Å². The molecule has 2 aromatic rings. The molecule has 110 valence electrons. The number of rotatable bonds is 5. The molecule has 0 fully saturated rings. The van der Waals surface area contributed by atoms with E-state index in [4.69, 9.17) is 4.74 Å². The summed E-state index contributed by atoms with van der Waals surface area (Å²) in [6, 6.07) is 11.0. The van der Waals surface area contributed by atoms with E-state index in [1.165, 1.54) is 0 Å². The Hall–Kier alpha value is -2.43. The Bertz CT molecular complexity index is 597. The predicted octanol–water partition coefficient (Wildman–Crippen LogP) is 3.68. The molecule has 0 saturated heterocycles. The Labute approximate surface area is 121 Å². The Balaban J connectivity index is 2.29. The number of ether oxygens (including phenoxy) is 1. The monoisotopic (exact) mass is 291 g/mol. The quantitative estimate of drug-likeness (QED) is 0.854. The molecule has 0 bridgehead atoms. The first-order valence-corrected chi connectivity index (χ1v) is 6.54. The fourth-order valence-electron chi connectivity index (χ4n) is 1.95. The third-order valence-electron chi connectivity index (χ3n) is 2.83. The van der Waals surface area contributed by atoms with Gasteiger partial charge in [0.05, 0.1) is 6.61 Å². The highest BCUT2D eigenvalue weighted by Gasteiger charge is 2.22. The number of esters is 1. The van der Waals surface area contributed by atoms with Gasteiger partial charge in [-0.2, -0.15) is 0 Å². The Morgan fingerprint density at radius 2 is 1.76 bits per heavy atom. The van der Waals surface area contributed by atoms with Gasteiger partial charge in [-0.15, -0.1) is 0 Å². The number of benzene rings is 2. The molecule has 2 aromatic carbocycles. The first-order chi connectivity index (χ1) is 10.1. The van der Waals surface area contributed by atoms with Crippen molar-refractivity contribution in [3.05, 3.63) is 65.7 Å². The Morgan fingerprint density at radius 3 is 2.33 bits per heavy atom. The third-order valence-corrected chi connectivity index (χ3v) is 2.83. The lowest BCUT2D eigenvalue weighted by Crippen LogP contribution is -2.23. The molecular formula is C16H15F2NO2. The van der Waals surface area contributed by atoms with Crippen LogP contribution >= 0.6 is 0 Å². The van der Waals surface area contributed by atoms with Crippen LogP contribution in [0.25, 0.3) is 0 Å². The summed E-state index contributed by atoms with van der Waals surface area (Å²) in [4.78, 5) is 12.0.